The summed E-state index contributed by atoms with van der Waals surface area (Å²) in [6.45, 7) is 5.76. The number of hydrogen-bond acceptors (Lipinski definition) is 6. The summed E-state index contributed by atoms with van der Waals surface area (Å²) in [6.07, 6.45) is 3.18. The van der Waals surface area contributed by atoms with E-state index in [1.165, 1.54) is 22.2 Å². The molecule has 0 unspecified atom stereocenters. The molecule has 0 saturated carbocycles. The second kappa shape index (κ2) is 8.05. The van der Waals surface area contributed by atoms with Crippen LogP contribution in [0.25, 0.3) is 10.2 Å². The molecule has 2 aromatic rings. The lowest BCUT2D eigenvalue weighted by molar-refractivity contribution is -0.149. The number of carbonyl (C=O) groups excluding carboxylic acids is 2. The van der Waals surface area contributed by atoms with Crippen molar-refractivity contribution in [2.24, 2.45) is 0 Å². The number of fused-ring (bicyclic) bond motifs is 1. The standard InChI is InChI=1S/C16H21N3O4S/c1-4-5-6-17-12(20)8-23-13(21)7-19-9-18-15-14(16(19)22)10(2)11(3)24-15/h9H,4-8H2,1-3H3,(H,17,20). The molecule has 0 spiro atoms. The number of nitrogens with one attached hydrogen (secondary N) is 1. The lowest BCUT2D eigenvalue weighted by Crippen LogP contribution is -2.31. The fraction of sp³-hybridized carbons (Fsp3) is 0.500. The molecule has 8 heteroatoms. The molecule has 2 heterocycles. The van der Waals surface area contributed by atoms with Crippen LogP contribution in [-0.2, 0) is 20.9 Å². The molecule has 2 aromatic heterocycles. The maximum absolute atomic E-state index is 12.5. The van der Waals surface area contributed by atoms with Crippen LogP contribution in [0.15, 0.2) is 11.1 Å². The van der Waals surface area contributed by atoms with E-state index >= 15 is 0 Å². The Morgan fingerprint density at radius 3 is 2.83 bits per heavy atom. The zero-order chi connectivity index (χ0) is 17.7. The van der Waals surface area contributed by atoms with E-state index in [2.05, 4.69) is 10.3 Å². The normalized spacial score (nSPS) is 10.8. The molecule has 0 saturated heterocycles. The third-order valence-electron chi connectivity index (χ3n) is 3.67. The molecule has 1 N–H and O–H groups in total. The van der Waals surface area contributed by atoms with Gasteiger partial charge in [-0.25, -0.2) is 4.98 Å². The Balaban J connectivity index is 1.98. The second-order valence-corrected chi connectivity index (χ2v) is 6.71. The van der Waals surface area contributed by atoms with Gasteiger partial charge in [-0.3, -0.25) is 19.0 Å². The quantitative estimate of drug-likeness (QED) is 0.603. The van der Waals surface area contributed by atoms with E-state index in [4.69, 9.17) is 4.74 Å². The van der Waals surface area contributed by atoms with Gasteiger partial charge in [0.25, 0.3) is 11.5 Å². The molecule has 0 aliphatic rings. The largest absolute Gasteiger partial charge is 0.454 e. The third kappa shape index (κ3) is 4.19. The maximum Gasteiger partial charge on any atom is 0.326 e. The van der Waals surface area contributed by atoms with E-state index in [0.29, 0.717) is 16.8 Å². The Morgan fingerprint density at radius 1 is 1.38 bits per heavy atom. The number of esters is 1. The second-order valence-electron chi connectivity index (χ2n) is 5.51. The van der Waals surface area contributed by atoms with Crippen molar-refractivity contribution in [2.75, 3.05) is 13.2 Å². The Hall–Kier alpha value is -2.22. The molecular formula is C16H21N3O4S. The molecule has 7 nitrogen and oxygen atoms in total. The highest BCUT2D eigenvalue weighted by molar-refractivity contribution is 7.18. The number of thiophene rings is 1. The van der Waals surface area contributed by atoms with E-state index in [9.17, 15) is 14.4 Å². The van der Waals surface area contributed by atoms with Gasteiger partial charge in [-0.15, -0.1) is 11.3 Å². The smallest absolute Gasteiger partial charge is 0.326 e. The molecule has 0 atom stereocenters. The van der Waals surface area contributed by atoms with Gasteiger partial charge >= 0.3 is 5.97 Å². The van der Waals surface area contributed by atoms with E-state index in [0.717, 1.165) is 23.3 Å². The minimum Gasteiger partial charge on any atom is -0.454 e. The average Bonchev–Trinajstić information content (AvgIpc) is 2.84. The van der Waals surface area contributed by atoms with Gasteiger partial charge < -0.3 is 10.1 Å². The zero-order valence-corrected chi connectivity index (χ0v) is 14.9. The fourth-order valence-electron chi connectivity index (χ4n) is 2.17. The Morgan fingerprint density at radius 2 is 2.12 bits per heavy atom. The molecule has 24 heavy (non-hydrogen) atoms. The first-order chi connectivity index (χ1) is 11.4. The van der Waals surface area contributed by atoms with Crippen LogP contribution in [0.4, 0.5) is 0 Å². The number of unbranched alkanes of at least 4 members (excludes halogenated alkanes) is 1. The first-order valence-electron chi connectivity index (χ1n) is 7.81. The number of ether oxygens (including phenoxy) is 1. The van der Waals surface area contributed by atoms with Gasteiger partial charge in [0.2, 0.25) is 0 Å². The first-order valence-corrected chi connectivity index (χ1v) is 8.63. The molecular weight excluding hydrogens is 330 g/mol. The summed E-state index contributed by atoms with van der Waals surface area (Å²) in [5.41, 5.74) is 0.608. The van der Waals surface area contributed by atoms with E-state index in [1.54, 1.807) is 0 Å². The molecule has 0 aliphatic heterocycles. The van der Waals surface area contributed by atoms with E-state index in [-0.39, 0.29) is 24.6 Å². The molecule has 0 aromatic carbocycles. The highest BCUT2D eigenvalue weighted by atomic mass is 32.1. The van der Waals surface area contributed by atoms with Gasteiger partial charge in [-0.05, 0) is 25.8 Å². The predicted molar refractivity (Wildman–Crippen MR) is 92.2 cm³/mol. The van der Waals surface area contributed by atoms with Crippen molar-refractivity contribution in [1.29, 1.82) is 0 Å². The zero-order valence-electron chi connectivity index (χ0n) is 14.0. The summed E-state index contributed by atoms with van der Waals surface area (Å²) in [5, 5.41) is 3.19. The van der Waals surface area contributed by atoms with Crippen LogP contribution in [0.3, 0.4) is 0 Å². The van der Waals surface area contributed by atoms with Gasteiger partial charge in [0.05, 0.1) is 11.7 Å². The monoisotopic (exact) mass is 351 g/mol. The summed E-state index contributed by atoms with van der Waals surface area (Å²) >= 11 is 1.45. The van der Waals surface area contributed by atoms with Crippen LogP contribution in [0.2, 0.25) is 0 Å². The van der Waals surface area contributed by atoms with Crippen molar-refractivity contribution in [3.63, 3.8) is 0 Å². The number of aromatic nitrogens is 2. The van der Waals surface area contributed by atoms with Crippen molar-refractivity contribution < 1.29 is 14.3 Å². The van der Waals surface area contributed by atoms with Crippen LogP contribution < -0.4 is 10.9 Å². The predicted octanol–water partition coefficient (Wildman–Crippen LogP) is 1.53. The summed E-state index contributed by atoms with van der Waals surface area (Å²) in [5.74, 6) is -0.990. The van der Waals surface area contributed by atoms with Gasteiger partial charge in [-0.2, -0.15) is 0 Å². The number of rotatable bonds is 7. The number of nitrogens with zero attached hydrogens (tertiary/aromatic N) is 2. The van der Waals surface area contributed by atoms with Crippen LogP contribution in [0.5, 0.6) is 0 Å². The number of hydrogen-bond donors (Lipinski definition) is 1. The number of amides is 1. The molecule has 130 valence electrons. The minimum atomic E-state index is -0.645. The lowest BCUT2D eigenvalue weighted by Gasteiger charge is -2.07. The Kier molecular flexibility index (Phi) is 6.08. The lowest BCUT2D eigenvalue weighted by atomic mass is 10.2. The molecule has 0 radical (unpaired) electrons. The van der Waals surface area contributed by atoms with Crippen LogP contribution in [-0.4, -0.2) is 34.6 Å². The molecule has 2 rings (SSSR count). The Bertz CT molecular complexity index is 809. The molecule has 1 amide bonds. The van der Waals surface area contributed by atoms with Crippen LogP contribution >= 0.6 is 11.3 Å². The molecule has 0 fully saturated rings. The van der Waals surface area contributed by atoms with Gasteiger partial charge in [0, 0.05) is 11.4 Å². The van der Waals surface area contributed by atoms with Crippen molar-refractivity contribution in [3.05, 3.63) is 27.1 Å². The third-order valence-corrected chi connectivity index (χ3v) is 4.79. The average molecular weight is 351 g/mol. The highest BCUT2D eigenvalue weighted by Crippen LogP contribution is 2.25. The van der Waals surface area contributed by atoms with Crippen LogP contribution in [0.1, 0.15) is 30.2 Å². The van der Waals surface area contributed by atoms with E-state index in [1.807, 2.05) is 20.8 Å². The topological polar surface area (TPSA) is 90.3 Å². The minimum absolute atomic E-state index is 0.266. The molecule has 0 bridgehead atoms. The Labute approximate surface area is 143 Å². The molecule has 0 aliphatic carbocycles. The van der Waals surface area contributed by atoms with Crippen molar-refractivity contribution in [2.45, 2.75) is 40.2 Å². The van der Waals surface area contributed by atoms with Crippen molar-refractivity contribution in [3.8, 4) is 0 Å². The summed E-state index contributed by atoms with van der Waals surface area (Å²) in [7, 11) is 0. The summed E-state index contributed by atoms with van der Waals surface area (Å²) in [6, 6.07) is 0. The van der Waals surface area contributed by atoms with Crippen molar-refractivity contribution in [1.82, 2.24) is 14.9 Å². The van der Waals surface area contributed by atoms with E-state index < -0.39 is 5.97 Å². The summed E-state index contributed by atoms with van der Waals surface area (Å²) in [4.78, 5) is 41.7. The number of carbonyl (C=O) groups is 2. The SMILES string of the molecule is CCCCNC(=O)COC(=O)Cn1cnc2sc(C)c(C)c2c1=O. The maximum atomic E-state index is 12.5. The first kappa shape index (κ1) is 18.1. The fourth-order valence-corrected chi connectivity index (χ4v) is 3.16. The highest BCUT2D eigenvalue weighted by Gasteiger charge is 2.14. The number of aryl methyl sites for hydroxylation is 2. The van der Waals surface area contributed by atoms with Crippen LogP contribution in [0, 0.1) is 13.8 Å². The van der Waals surface area contributed by atoms with Gasteiger partial charge in [0.1, 0.15) is 11.4 Å². The summed E-state index contributed by atoms with van der Waals surface area (Å²) < 4.78 is 6.11. The van der Waals surface area contributed by atoms with Gasteiger partial charge in [0.15, 0.2) is 6.61 Å². The van der Waals surface area contributed by atoms with Crippen molar-refractivity contribution >= 4 is 33.4 Å². The van der Waals surface area contributed by atoms with Gasteiger partial charge in [-0.1, -0.05) is 13.3 Å².